The molecule has 0 radical (unpaired) electrons. The third kappa shape index (κ3) is 2.88. The van der Waals surface area contributed by atoms with Crippen LogP contribution in [0.15, 0.2) is 24.3 Å². The van der Waals surface area contributed by atoms with Gasteiger partial charge in [0.2, 0.25) is 0 Å². The highest BCUT2D eigenvalue weighted by Gasteiger charge is 2.09. The molecule has 0 heterocycles. The van der Waals surface area contributed by atoms with Crippen LogP contribution in [0.25, 0.3) is 0 Å². The lowest BCUT2D eigenvalue weighted by atomic mass is 10.1. The molecule has 4 nitrogen and oxygen atoms in total. The molecule has 14 heavy (non-hydrogen) atoms. The molecule has 0 aliphatic rings. The van der Waals surface area contributed by atoms with Crippen LogP contribution in [0.2, 0.25) is 0 Å². The third-order valence-corrected chi connectivity index (χ3v) is 2.65. The Balaban J connectivity index is 2.78. The number of rotatable bonds is 4. The molecule has 6 heteroatoms. The van der Waals surface area contributed by atoms with Crippen molar-refractivity contribution in [2.24, 2.45) is 0 Å². The van der Waals surface area contributed by atoms with Gasteiger partial charge in [-0.3, -0.25) is 0 Å². The maximum absolute atomic E-state index is 9.21. The molecule has 0 fully saturated rings. The van der Waals surface area contributed by atoms with Gasteiger partial charge in [-0.25, -0.2) is 0 Å². The molecule has 4 N–H and O–H groups in total. The summed E-state index contributed by atoms with van der Waals surface area (Å²) in [6.45, 7) is 0. The Kier molecular flexibility index (Phi) is 4.73. The molecule has 78 valence electrons. The van der Waals surface area contributed by atoms with E-state index in [0.29, 0.717) is 35.2 Å². The van der Waals surface area contributed by atoms with E-state index in [1.54, 1.807) is 24.3 Å². The predicted octanol–water partition coefficient (Wildman–Crippen LogP) is 2.08. The first-order chi connectivity index (χ1) is 6.69. The second-order valence-corrected chi connectivity index (χ2v) is 3.90. The Labute approximate surface area is 90.0 Å². The highest BCUT2D eigenvalue weighted by molar-refractivity contribution is 7.94. The van der Waals surface area contributed by atoms with Crippen LogP contribution in [0.1, 0.15) is 22.0 Å². The molecule has 1 aromatic rings. The van der Waals surface area contributed by atoms with Crippen LogP contribution in [0.4, 0.5) is 0 Å². The van der Waals surface area contributed by atoms with Crippen molar-refractivity contribution in [3.63, 3.8) is 0 Å². The fraction of sp³-hybridized carbons (Fsp3) is 0.250. The smallest absolute Gasteiger partial charge is 0.150 e. The van der Waals surface area contributed by atoms with Gasteiger partial charge >= 0.3 is 0 Å². The van der Waals surface area contributed by atoms with E-state index >= 15 is 0 Å². The van der Waals surface area contributed by atoms with Gasteiger partial charge in [0.15, 0.2) is 0 Å². The molecule has 0 bridgehead atoms. The van der Waals surface area contributed by atoms with Crippen molar-refractivity contribution in [2.75, 3.05) is 0 Å². The highest BCUT2D eigenvalue weighted by atomic mass is 32.2. The standard InChI is InChI=1S/C8H10O4S2/c9-7(13-11)5-1-2-6(4-3-5)8(10)14-12/h1-4,7-12H. The topological polar surface area (TPSA) is 80.9 Å². The van der Waals surface area contributed by atoms with E-state index in [4.69, 9.17) is 9.11 Å². The fourth-order valence-corrected chi connectivity index (χ4v) is 1.50. The van der Waals surface area contributed by atoms with E-state index in [9.17, 15) is 10.2 Å². The number of hydrogen-bond donors (Lipinski definition) is 4. The average Bonchev–Trinajstić information content (AvgIpc) is 2.27. The van der Waals surface area contributed by atoms with Crippen LogP contribution in [-0.4, -0.2) is 19.3 Å². The highest BCUT2D eigenvalue weighted by Crippen LogP contribution is 2.27. The molecule has 0 aliphatic heterocycles. The van der Waals surface area contributed by atoms with Crippen molar-refractivity contribution >= 4 is 24.1 Å². The summed E-state index contributed by atoms with van der Waals surface area (Å²) in [5.74, 6) is 0. The van der Waals surface area contributed by atoms with Gasteiger partial charge in [-0.05, 0) is 11.1 Å². The van der Waals surface area contributed by atoms with Crippen molar-refractivity contribution in [1.82, 2.24) is 0 Å². The van der Waals surface area contributed by atoms with E-state index in [1.807, 2.05) is 0 Å². The minimum Gasteiger partial charge on any atom is -0.376 e. The summed E-state index contributed by atoms with van der Waals surface area (Å²) >= 11 is 0.673. The van der Waals surface area contributed by atoms with Gasteiger partial charge in [0.05, 0.1) is 0 Å². The van der Waals surface area contributed by atoms with Crippen LogP contribution in [0, 0.1) is 0 Å². The normalized spacial score (nSPS) is 15.1. The second-order valence-electron chi connectivity index (χ2n) is 2.58. The molecule has 0 amide bonds. The van der Waals surface area contributed by atoms with Gasteiger partial charge in [0, 0.05) is 24.1 Å². The summed E-state index contributed by atoms with van der Waals surface area (Å²) in [7, 11) is 0. The van der Waals surface area contributed by atoms with Crippen molar-refractivity contribution in [3.05, 3.63) is 35.4 Å². The predicted molar refractivity (Wildman–Crippen MR) is 56.8 cm³/mol. The molecule has 0 saturated heterocycles. The fourth-order valence-electron chi connectivity index (χ4n) is 0.947. The molecule has 0 saturated carbocycles. The van der Waals surface area contributed by atoms with E-state index in [2.05, 4.69) is 0 Å². The Morgan fingerprint density at radius 1 is 0.786 bits per heavy atom. The van der Waals surface area contributed by atoms with E-state index in [-0.39, 0.29) is 0 Å². The van der Waals surface area contributed by atoms with Crippen molar-refractivity contribution < 1.29 is 19.3 Å². The third-order valence-electron chi connectivity index (χ3n) is 1.71. The molecule has 0 aromatic heterocycles. The van der Waals surface area contributed by atoms with Gasteiger partial charge in [0.1, 0.15) is 10.9 Å². The number of aliphatic hydroxyl groups is 2. The van der Waals surface area contributed by atoms with E-state index < -0.39 is 10.9 Å². The summed E-state index contributed by atoms with van der Waals surface area (Å²) < 4.78 is 17.2. The molecule has 1 aromatic carbocycles. The zero-order chi connectivity index (χ0) is 10.6. The first kappa shape index (κ1) is 11.8. The Bertz CT molecular complexity index is 248. The van der Waals surface area contributed by atoms with E-state index in [1.165, 1.54) is 0 Å². The Morgan fingerprint density at radius 2 is 1.07 bits per heavy atom. The van der Waals surface area contributed by atoms with Crippen LogP contribution >= 0.6 is 24.1 Å². The first-order valence-corrected chi connectivity index (χ1v) is 5.42. The lowest BCUT2D eigenvalue weighted by Gasteiger charge is -2.09. The van der Waals surface area contributed by atoms with Crippen LogP contribution in [-0.2, 0) is 0 Å². The van der Waals surface area contributed by atoms with Gasteiger partial charge in [0.25, 0.3) is 0 Å². The average molecular weight is 234 g/mol. The molecular formula is C8H10O4S2. The van der Waals surface area contributed by atoms with Crippen molar-refractivity contribution in [3.8, 4) is 0 Å². The molecule has 0 spiro atoms. The molecule has 2 unspecified atom stereocenters. The van der Waals surface area contributed by atoms with Crippen molar-refractivity contribution in [1.29, 1.82) is 0 Å². The minimum absolute atomic E-state index is 0.336. The summed E-state index contributed by atoms with van der Waals surface area (Å²) in [6.07, 6.45) is 0. The van der Waals surface area contributed by atoms with Gasteiger partial charge in [-0.15, -0.1) is 0 Å². The second kappa shape index (κ2) is 5.59. The SMILES string of the molecule is OSC(O)c1ccc(C(O)SO)cc1. The number of benzene rings is 1. The van der Waals surface area contributed by atoms with Crippen LogP contribution in [0.3, 0.4) is 0 Å². The van der Waals surface area contributed by atoms with Crippen molar-refractivity contribution in [2.45, 2.75) is 10.9 Å². The lowest BCUT2D eigenvalue weighted by Crippen LogP contribution is -1.94. The molecular weight excluding hydrogens is 224 g/mol. The maximum atomic E-state index is 9.21. The monoisotopic (exact) mass is 234 g/mol. The summed E-state index contributed by atoms with van der Waals surface area (Å²) in [5, 5.41) is 18.4. The zero-order valence-corrected chi connectivity index (χ0v) is 8.70. The number of aliphatic hydroxyl groups excluding tert-OH is 2. The lowest BCUT2D eigenvalue weighted by molar-refractivity contribution is 0.259. The Hall–Kier alpha value is -0.240. The van der Waals surface area contributed by atoms with Gasteiger partial charge in [-0.1, -0.05) is 24.3 Å². The largest absolute Gasteiger partial charge is 0.376 e. The van der Waals surface area contributed by atoms with Crippen LogP contribution < -0.4 is 0 Å². The molecule has 1 rings (SSSR count). The maximum Gasteiger partial charge on any atom is 0.150 e. The first-order valence-electron chi connectivity index (χ1n) is 3.75. The quantitative estimate of drug-likeness (QED) is 0.472. The summed E-state index contributed by atoms with van der Waals surface area (Å²) in [6, 6.07) is 6.29. The Morgan fingerprint density at radius 3 is 1.29 bits per heavy atom. The minimum atomic E-state index is -0.983. The van der Waals surface area contributed by atoms with Gasteiger partial charge in [-0.2, -0.15) is 0 Å². The summed E-state index contributed by atoms with van der Waals surface area (Å²) in [4.78, 5) is 0. The van der Waals surface area contributed by atoms with E-state index in [0.717, 1.165) is 0 Å². The summed E-state index contributed by atoms with van der Waals surface area (Å²) in [5.41, 5.74) is -0.890. The van der Waals surface area contributed by atoms with Gasteiger partial charge < -0.3 is 19.3 Å². The zero-order valence-electron chi connectivity index (χ0n) is 7.07. The molecule has 0 aliphatic carbocycles. The van der Waals surface area contributed by atoms with Crippen LogP contribution in [0.5, 0.6) is 0 Å². The number of hydrogen-bond acceptors (Lipinski definition) is 6. The molecule has 2 atom stereocenters.